The Kier molecular flexibility index (Phi) is 5.31. The van der Waals surface area contributed by atoms with Crippen molar-refractivity contribution in [2.24, 2.45) is 11.1 Å². The quantitative estimate of drug-likeness (QED) is 0.448. The monoisotopic (exact) mass is 496 g/mol. The largest absolute Gasteiger partial charge is 0.382 e. The van der Waals surface area contributed by atoms with Gasteiger partial charge in [-0.15, -0.1) is 11.3 Å². The highest BCUT2D eigenvalue weighted by atomic mass is 32.1. The lowest BCUT2D eigenvalue weighted by atomic mass is 9.51. The molecule has 0 bridgehead atoms. The molecule has 1 aliphatic carbocycles. The standard InChI is InChI=1S/C24H26B2N8OS/c25-24(26)12-34(11-15-19(24)32-22(29)36-15)21(35)17-20(28)31-16(10-30-17)33-7-5-23(6-8-33)9-13-3-1-2-4-14(13)18(23)27/h1-4,10,18H,5-9,11-12,27H2,(H2,28,31)(H2,29,32). The number of anilines is 3. The Balaban J connectivity index is 1.16. The average molecular weight is 496 g/mol. The van der Waals surface area contributed by atoms with Gasteiger partial charge in [0.2, 0.25) is 0 Å². The Morgan fingerprint density at radius 2 is 1.89 bits per heavy atom. The Labute approximate surface area is 216 Å². The summed E-state index contributed by atoms with van der Waals surface area (Å²) in [5.74, 6) is 0.361. The van der Waals surface area contributed by atoms with Crippen LogP contribution in [0.15, 0.2) is 30.5 Å². The number of rotatable bonds is 2. The highest BCUT2D eigenvalue weighted by Crippen LogP contribution is 2.50. The van der Waals surface area contributed by atoms with E-state index in [9.17, 15) is 4.79 Å². The lowest BCUT2D eigenvalue weighted by Crippen LogP contribution is -2.49. The van der Waals surface area contributed by atoms with E-state index in [-0.39, 0.29) is 35.4 Å². The molecule has 1 unspecified atom stereocenters. The molecule has 6 N–H and O–H groups in total. The molecule has 1 amide bonds. The second-order valence-corrected chi connectivity index (χ2v) is 11.3. The van der Waals surface area contributed by atoms with Crippen LogP contribution in [-0.4, -0.2) is 61.1 Å². The van der Waals surface area contributed by atoms with E-state index >= 15 is 0 Å². The van der Waals surface area contributed by atoms with Gasteiger partial charge in [0.25, 0.3) is 5.91 Å². The van der Waals surface area contributed by atoms with E-state index in [1.807, 2.05) is 0 Å². The Morgan fingerprint density at radius 3 is 2.61 bits per heavy atom. The molecule has 1 aromatic carbocycles. The van der Waals surface area contributed by atoms with Gasteiger partial charge in [0.05, 0.1) is 28.4 Å². The SMILES string of the molecule is [B]C1([B])CN(C(=O)c2ncc(N3CCC4(CC3)Cc3ccccc3C4N)nc2N)Cc2sc(N)nc21. The van der Waals surface area contributed by atoms with Crippen molar-refractivity contribution in [3.05, 3.63) is 57.9 Å². The van der Waals surface area contributed by atoms with Crippen molar-refractivity contribution < 1.29 is 4.79 Å². The molecular formula is C24H26B2N8OS. The summed E-state index contributed by atoms with van der Waals surface area (Å²) in [7, 11) is 12.5. The predicted octanol–water partition coefficient (Wildman–Crippen LogP) is 1.09. The number of thiazole rings is 1. The van der Waals surface area contributed by atoms with E-state index < -0.39 is 5.21 Å². The maximum Gasteiger partial charge on any atom is 0.276 e. The predicted molar refractivity (Wildman–Crippen MR) is 142 cm³/mol. The number of hydrogen-bond acceptors (Lipinski definition) is 9. The summed E-state index contributed by atoms with van der Waals surface area (Å²) < 4.78 is 0. The molecular weight excluding hydrogens is 470 g/mol. The first-order chi connectivity index (χ1) is 17.2. The van der Waals surface area contributed by atoms with Gasteiger partial charge in [0.1, 0.15) is 5.82 Å². The summed E-state index contributed by atoms with van der Waals surface area (Å²) in [5.41, 5.74) is 22.1. The molecule has 180 valence electrons. The van der Waals surface area contributed by atoms with Crippen LogP contribution in [0.5, 0.6) is 0 Å². The molecule has 1 saturated heterocycles. The van der Waals surface area contributed by atoms with Gasteiger partial charge < -0.3 is 27.0 Å². The first-order valence-corrected chi connectivity index (χ1v) is 12.8. The molecule has 1 atom stereocenters. The number of benzene rings is 1. The number of nitrogens with two attached hydrogens (primary N) is 3. The second kappa shape index (κ2) is 8.21. The summed E-state index contributed by atoms with van der Waals surface area (Å²) in [6, 6.07) is 8.52. The third-order valence-electron chi connectivity index (χ3n) is 7.89. The minimum atomic E-state index is -1.30. The molecule has 1 spiro atoms. The second-order valence-electron chi connectivity index (χ2n) is 10.2. The van der Waals surface area contributed by atoms with Crippen molar-refractivity contribution in [2.75, 3.05) is 36.0 Å². The average Bonchev–Trinajstić information content (AvgIpc) is 3.36. The Hall–Kier alpha value is -3.11. The van der Waals surface area contributed by atoms with Crippen LogP contribution >= 0.6 is 11.3 Å². The molecule has 6 rings (SSSR count). The summed E-state index contributed by atoms with van der Waals surface area (Å²) >= 11 is 1.27. The van der Waals surface area contributed by atoms with Crippen molar-refractivity contribution in [1.29, 1.82) is 0 Å². The van der Waals surface area contributed by atoms with E-state index in [1.54, 1.807) is 6.20 Å². The maximum atomic E-state index is 13.3. The van der Waals surface area contributed by atoms with Gasteiger partial charge >= 0.3 is 0 Å². The van der Waals surface area contributed by atoms with Gasteiger partial charge in [-0.3, -0.25) is 4.79 Å². The Morgan fingerprint density at radius 1 is 1.14 bits per heavy atom. The lowest BCUT2D eigenvalue weighted by molar-refractivity contribution is 0.0720. The third kappa shape index (κ3) is 3.66. The fraction of sp³-hybridized carbons (Fsp3) is 0.417. The van der Waals surface area contributed by atoms with Crippen LogP contribution in [0.2, 0.25) is 0 Å². The molecule has 2 aromatic heterocycles. The zero-order chi connectivity index (χ0) is 25.2. The number of nitrogen functional groups attached to an aromatic ring is 2. The van der Waals surface area contributed by atoms with Crippen LogP contribution in [0.4, 0.5) is 16.8 Å². The number of amides is 1. The van der Waals surface area contributed by atoms with E-state index in [1.165, 1.54) is 27.4 Å². The zero-order valence-electron chi connectivity index (χ0n) is 19.9. The molecule has 1 fully saturated rings. The molecule has 9 nitrogen and oxygen atoms in total. The van der Waals surface area contributed by atoms with Crippen molar-refractivity contribution >= 4 is 49.7 Å². The number of piperidine rings is 1. The van der Waals surface area contributed by atoms with Crippen LogP contribution in [-0.2, 0) is 18.2 Å². The minimum absolute atomic E-state index is 0.0446. The molecule has 3 aromatic rings. The fourth-order valence-electron chi connectivity index (χ4n) is 5.95. The van der Waals surface area contributed by atoms with Crippen molar-refractivity contribution in [3.63, 3.8) is 0 Å². The van der Waals surface area contributed by atoms with Crippen LogP contribution in [0.1, 0.15) is 51.1 Å². The molecule has 2 aliphatic heterocycles. The van der Waals surface area contributed by atoms with Crippen molar-refractivity contribution in [1.82, 2.24) is 19.9 Å². The van der Waals surface area contributed by atoms with E-state index in [0.29, 0.717) is 23.2 Å². The zero-order valence-corrected chi connectivity index (χ0v) is 20.7. The van der Waals surface area contributed by atoms with E-state index in [0.717, 1.165) is 37.2 Å². The van der Waals surface area contributed by atoms with Crippen LogP contribution in [0.25, 0.3) is 0 Å². The number of hydrogen-bond donors (Lipinski definition) is 3. The van der Waals surface area contributed by atoms with Crippen LogP contribution < -0.4 is 22.1 Å². The van der Waals surface area contributed by atoms with Gasteiger partial charge in [0.15, 0.2) is 16.6 Å². The number of carbonyl (C=O) groups is 1. The number of fused-ring (bicyclic) bond motifs is 2. The van der Waals surface area contributed by atoms with Crippen molar-refractivity contribution in [2.45, 2.75) is 37.1 Å². The van der Waals surface area contributed by atoms with E-state index in [4.69, 9.17) is 32.9 Å². The summed E-state index contributed by atoms with van der Waals surface area (Å²) in [4.78, 5) is 30.9. The minimum Gasteiger partial charge on any atom is -0.382 e. The van der Waals surface area contributed by atoms with Gasteiger partial charge in [0, 0.05) is 36.2 Å². The summed E-state index contributed by atoms with van der Waals surface area (Å²) in [6.45, 7) is 1.96. The summed E-state index contributed by atoms with van der Waals surface area (Å²) in [6.07, 6.45) is 4.53. The molecule has 4 heterocycles. The van der Waals surface area contributed by atoms with Gasteiger partial charge in [-0.25, -0.2) is 15.0 Å². The fourth-order valence-corrected chi connectivity index (χ4v) is 6.89. The van der Waals surface area contributed by atoms with Gasteiger partial charge in [-0.05, 0) is 41.0 Å². The normalized spacial score (nSPS) is 21.9. The third-order valence-corrected chi connectivity index (χ3v) is 8.76. The van der Waals surface area contributed by atoms with E-state index in [2.05, 4.69) is 44.1 Å². The first-order valence-electron chi connectivity index (χ1n) is 12.0. The first kappa shape index (κ1) is 23.3. The van der Waals surface area contributed by atoms with Gasteiger partial charge in [-0.2, -0.15) is 0 Å². The summed E-state index contributed by atoms with van der Waals surface area (Å²) in [5, 5.41) is -0.937. The lowest BCUT2D eigenvalue weighted by Gasteiger charge is -2.42. The molecule has 36 heavy (non-hydrogen) atoms. The Bertz CT molecular complexity index is 1350. The molecule has 4 radical (unpaired) electrons. The van der Waals surface area contributed by atoms with Gasteiger partial charge in [-0.1, -0.05) is 24.3 Å². The maximum absolute atomic E-state index is 13.3. The molecule has 3 aliphatic rings. The number of nitrogens with zero attached hydrogens (tertiary/aromatic N) is 5. The number of aromatic nitrogens is 3. The molecule has 12 heteroatoms. The smallest absolute Gasteiger partial charge is 0.276 e. The van der Waals surface area contributed by atoms with Crippen LogP contribution in [0, 0.1) is 5.41 Å². The van der Waals surface area contributed by atoms with Crippen molar-refractivity contribution in [3.8, 4) is 0 Å². The highest BCUT2D eigenvalue weighted by molar-refractivity contribution is 7.15. The topological polar surface area (TPSA) is 140 Å². The molecule has 0 saturated carbocycles. The number of carbonyl (C=O) groups excluding carboxylic acids is 1. The highest BCUT2D eigenvalue weighted by Gasteiger charge is 2.46. The van der Waals surface area contributed by atoms with Crippen LogP contribution in [0.3, 0.4) is 0 Å².